The molecule has 2 aromatic heterocycles. The third kappa shape index (κ3) is 2.80. The van der Waals surface area contributed by atoms with E-state index in [0.29, 0.717) is 24.0 Å². The van der Waals surface area contributed by atoms with Gasteiger partial charge in [-0.15, -0.1) is 5.10 Å². The van der Waals surface area contributed by atoms with Crippen molar-refractivity contribution in [2.45, 2.75) is 52.1 Å². The zero-order chi connectivity index (χ0) is 15.5. The average Bonchev–Trinajstić information content (AvgIpc) is 3.19. The summed E-state index contributed by atoms with van der Waals surface area (Å²) in [4.78, 5) is 0. The zero-order valence-electron chi connectivity index (χ0n) is 13.0. The van der Waals surface area contributed by atoms with Gasteiger partial charge in [-0.05, 0) is 38.3 Å². The predicted octanol–water partition coefficient (Wildman–Crippen LogP) is 2.89. The molecule has 0 saturated heterocycles. The van der Waals surface area contributed by atoms with Crippen LogP contribution < -0.4 is 5.32 Å². The van der Waals surface area contributed by atoms with E-state index in [4.69, 9.17) is 0 Å². The van der Waals surface area contributed by atoms with Crippen LogP contribution >= 0.6 is 0 Å². The summed E-state index contributed by atoms with van der Waals surface area (Å²) in [6.45, 7) is 4.30. The van der Waals surface area contributed by atoms with Crippen LogP contribution in [0, 0.1) is 25.2 Å². The molecule has 0 atom stereocenters. The molecule has 0 unspecified atom stereocenters. The standard InChI is InChI=1S/C16H20N6/c1-11-12(2)19-20-16(15(11)9-17)18-10-13-7-8-22(21-13)14-5-3-4-6-14/h7-8,14H,3-6,10H2,1-2H3,(H,18,20). The van der Waals surface area contributed by atoms with Crippen molar-refractivity contribution in [3.8, 4) is 6.07 Å². The lowest BCUT2D eigenvalue weighted by atomic mass is 10.1. The Morgan fingerprint density at radius 1 is 1.32 bits per heavy atom. The fourth-order valence-electron chi connectivity index (χ4n) is 2.89. The minimum Gasteiger partial charge on any atom is -0.362 e. The molecule has 1 saturated carbocycles. The Labute approximate surface area is 130 Å². The molecule has 1 aliphatic carbocycles. The van der Waals surface area contributed by atoms with Crippen molar-refractivity contribution in [1.29, 1.82) is 5.26 Å². The van der Waals surface area contributed by atoms with E-state index in [0.717, 1.165) is 17.0 Å². The van der Waals surface area contributed by atoms with E-state index in [1.807, 2.05) is 26.1 Å². The lowest BCUT2D eigenvalue weighted by Gasteiger charge is -2.10. The fraction of sp³-hybridized carbons (Fsp3) is 0.500. The minimum atomic E-state index is 0.529. The van der Waals surface area contributed by atoms with E-state index < -0.39 is 0 Å². The van der Waals surface area contributed by atoms with Crippen LogP contribution in [-0.4, -0.2) is 20.0 Å². The number of aromatic nitrogens is 4. The highest BCUT2D eigenvalue weighted by atomic mass is 15.3. The number of rotatable bonds is 4. The molecule has 3 rings (SSSR count). The Morgan fingerprint density at radius 3 is 2.82 bits per heavy atom. The van der Waals surface area contributed by atoms with Crippen LogP contribution in [0.1, 0.15) is 54.2 Å². The van der Waals surface area contributed by atoms with Crippen LogP contribution in [0.2, 0.25) is 0 Å². The van der Waals surface area contributed by atoms with Gasteiger partial charge in [0.15, 0.2) is 5.82 Å². The summed E-state index contributed by atoms with van der Waals surface area (Å²) in [6.07, 6.45) is 7.07. The molecule has 22 heavy (non-hydrogen) atoms. The maximum absolute atomic E-state index is 9.29. The Hall–Kier alpha value is -2.42. The van der Waals surface area contributed by atoms with Gasteiger partial charge in [0.2, 0.25) is 0 Å². The Kier molecular flexibility index (Phi) is 4.05. The highest BCUT2D eigenvalue weighted by Crippen LogP contribution is 2.28. The van der Waals surface area contributed by atoms with E-state index in [2.05, 4.69) is 31.4 Å². The van der Waals surface area contributed by atoms with Gasteiger partial charge in [0, 0.05) is 6.20 Å². The van der Waals surface area contributed by atoms with Crippen LogP contribution in [0.4, 0.5) is 5.82 Å². The van der Waals surface area contributed by atoms with Crippen molar-refractivity contribution in [1.82, 2.24) is 20.0 Å². The largest absolute Gasteiger partial charge is 0.362 e. The molecule has 114 valence electrons. The van der Waals surface area contributed by atoms with Gasteiger partial charge in [0.25, 0.3) is 0 Å². The van der Waals surface area contributed by atoms with E-state index in [1.165, 1.54) is 25.7 Å². The van der Waals surface area contributed by atoms with Gasteiger partial charge < -0.3 is 5.32 Å². The molecular weight excluding hydrogens is 276 g/mol. The summed E-state index contributed by atoms with van der Waals surface area (Å²) >= 11 is 0. The van der Waals surface area contributed by atoms with Gasteiger partial charge in [0.1, 0.15) is 11.6 Å². The lowest BCUT2D eigenvalue weighted by Crippen LogP contribution is -2.09. The van der Waals surface area contributed by atoms with E-state index in [9.17, 15) is 5.26 Å². The van der Waals surface area contributed by atoms with Crippen LogP contribution in [0.25, 0.3) is 0 Å². The van der Waals surface area contributed by atoms with Crippen LogP contribution in [0.15, 0.2) is 12.3 Å². The number of aryl methyl sites for hydroxylation is 1. The second kappa shape index (κ2) is 6.14. The maximum atomic E-state index is 9.29. The number of nitriles is 1. The average molecular weight is 296 g/mol. The number of anilines is 1. The molecule has 1 fully saturated rings. The maximum Gasteiger partial charge on any atom is 0.167 e. The second-order valence-electron chi connectivity index (χ2n) is 5.82. The zero-order valence-corrected chi connectivity index (χ0v) is 13.0. The number of hydrogen-bond acceptors (Lipinski definition) is 5. The molecule has 0 spiro atoms. The first-order valence-corrected chi connectivity index (χ1v) is 7.71. The van der Waals surface area contributed by atoms with Gasteiger partial charge >= 0.3 is 0 Å². The highest BCUT2D eigenvalue weighted by Gasteiger charge is 2.17. The molecule has 0 aromatic carbocycles. The number of hydrogen-bond donors (Lipinski definition) is 1. The quantitative estimate of drug-likeness (QED) is 0.938. The molecule has 6 heteroatoms. The topological polar surface area (TPSA) is 79.4 Å². The second-order valence-corrected chi connectivity index (χ2v) is 5.82. The lowest BCUT2D eigenvalue weighted by molar-refractivity contribution is 0.463. The van der Waals surface area contributed by atoms with Crippen LogP contribution in [0.5, 0.6) is 0 Å². The summed E-state index contributed by atoms with van der Waals surface area (Å²) in [6, 6.07) is 4.77. The first-order valence-electron chi connectivity index (χ1n) is 7.71. The molecule has 0 bridgehead atoms. The SMILES string of the molecule is Cc1nnc(NCc2ccn(C3CCCC3)n2)c(C#N)c1C. The Morgan fingerprint density at radius 2 is 2.09 bits per heavy atom. The molecule has 1 aliphatic rings. The first-order chi connectivity index (χ1) is 10.7. The third-order valence-electron chi connectivity index (χ3n) is 4.37. The molecular formula is C16H20N6. The molecule has 1 N–H and O–H groups in total. The van der Waals surface area contributed by atoms with E-state index in [-0.39, 0.29) is 0 Å². The molecule has 2 heterocycles. The summed E-state index contributed by atoms with van der Waals surface area (Å²) < 4.78 is 2.07. The summed E-state index contributed by atoms with van der Waals surface area (Å²) in [5.74, 6) is 0.529. The molecule has 6 nitrogen and oxygen atoms in total. The number of nitrogens with zero attached hydrogens (tertiary/aromatic N) is 5. The minimum absolute atomic E-state index is 0.529. The van der Waals surface area contributed by atoms with Crippen LogP contribution in [-0.2, 0) is 6.54 Å². The Balaban J connectivity index is 1.70. The molecule has 0 radical (unpaired) electrons. The molecule has 2 aromatic rings. The summed E-state index contributed by atoms with van der Waals surface area (Å²) in [5, 5.41) is 25.3. The smallest absolute Gasteiger partial charge is 0.167 e. The van der Waals surface area contributed by atoms with Gasteiger partial charge in [-0.1, -0.05) is 12.8 Å². The predicted molar refractivity (Wildman–Crippen MR) is 83.3 cm³/mol. The van der Waals surface area contributed by atoms with Crippen molar-refractivity contribution >= 4 is 5.82 Å². The third-order valence-corrected chi connectivity index (χ3v) is 4.37. The number of nitrogens with one attached hydrogen (secondary N) is 1. The summed E-state index contributed by atoms with van der Waals surface area (Å²) in [5.41, 5.74) is 3.17. The van der Waals surface area contributed by atoms with Gasteiger partial charge in [-0.2, -0.15) is 15.5 Å². The fourth-order valence-corrected chi connectivity index (χ4v) is 2.89. The van der Waals surface area contributed by atoms with Crippen molar-refractivity contribution in [2.75, 3.05) is 5.32 Å². The van der Waals surface area contributed by atoms with Gasteiger partial charge in [-0.3, -0.25) is 4.68 Å². The summed E-state index contributed by atoms with van der Waals surface area (Å²) in [7, 11) is 0. The van der Waals surface area contributed by atoms with Crippen LogP contribution in [0.3, 0.4) is 0 Å². The van der Waals surface area contributed by atoms with Crippen molar-refractivity contribution < 1.29 is 0 Å². The van der Waals surface area contributed by atoms with E-state index >= 15 is 0 Å². The first kappa shape index (κ1) is 14.5. The van der Waals surface area contributed by atoms with E-state index in [1.54, 1.807) is 0 Å². The van der Waals surface area contributed by atoms with Crippen molar-refractivity contribution in [3.05, 3.63) is 34.8 Å². The van der Waals surface area contributed by atoms with Crippen molar-refractivity contribution in [2.24, 2.45) is 0 Å². The highest BCUT2D eigenvalue weighted by molar-refractivity contribution is 5.55. The Bertz CT molecular complexity index is 706. The van der Waals surface area contributed by atoms with Gasteiger partial charge in [-0.25, -0.2) is 0 Å². The molecule has 0 amide bonds. The van der Waals surface area contributed by atoms with Gasteiger partial charge in [0.05, 0.1) is 24.0 Å². The molecule has 0 aliphatic heterocycles. The van der Waals surface area contributed by atoms with Crippen molar-refractivity contribution in [3.63, 3.8) is 0 Å². The normalized spacial score (nSPS) is 15.0. The monoisotopic (exact) mass is 296 g/mol.